The van der Waals surface area contributed by atoms with Crippen molar-refractivity contribution < 1.29 is 5.48 Å². The van der Waals surface area contributed by atoms with Crippen molar-refractivity contribution in [3.05, 3.63) is 228 Å². The molecule has 0 fully saturated rings. The molecule has 10 aromatic rings. The Balaban J connectivity index is 1.23. The van der Waals surface area contributed by atoms with Crippen LogP contribution in [-0.4, -0.2) is 4.57 Å². The van der Waals surface area contributed by atoms with E-state index in [1.54, 1.807) is 0 Å². The summed E-state index contributed by atoms with van der Waals surface area (Å²) in [6.45, 7) is 0. The third-order valence-corrected chi connectivity index (χ3v) is 11.9. The lowest BCUT2D eigenvalue weighted by Gasteiger charge is -2.40. The number of anilines is 3. The van der Waals surface area contributed by atoms with Crippen LogP contribution in [0.4, 0.5) is 17.1 Å². The summed E-state index contributed by atoms with van der Waals surface area (Å²) in [7, 11) is 0. The predicted octanol–water partition coefficient (Wildman–Crippen LogP) is 13.8. The predicted molar refractivity (Wildman–Crippen MR) is 229 cm³/mol. The summed E-state index contributed by atoms with van der Waals surface area (Å²) in [5.74, 6) is 0. The van der Waals surface area contributed by atoms with E-state index in [0.717, 1.165) is 83.3 Å². The topological polar surface area (TPSA) is 8.17 Å². The molecule has 9 aromatic carbocycles. The molecule has 0 N–H and O–H groups in total. The van der Waals surface area contributed by atoms with Crippen LogP contribution in [0.15, 0.2) is 206 Å². The van der Waals surface area contributed by atoms with E-state index in [-0.39, 0.29) is 24.2 Å². The molecule has 1 heterocycles. The number of fused-ring (bicyclic) bond motifs is 12. The SMILES string of the molecule is [2H]c1c([2H])c([2H])c2c(c1[2H])-c1c(N(c3ccccc3)c3ccc4c5ccccc5n(-c5ccccc5)c4c3)cccc1C21c2ccccc2-c2cccc3cccc1c23. The quantitative estimate of drug-likeness (QED) is 0.177. The van der Waals surface area contributed by atoms with Gasteiger partial charge in [-0.1, -0.05) is 158 Å². The fourth-order valence-electron chi connectivity index (χ4n) is 9.80. The van der Waals surface area contributed by atoms with Crippen molar-refractivity contribution in [1.82, 2.24) is 4.57 Å². The van der Waals surface area contributed by atoms with Crippen LogP contribution < -0.4 is 4.90 Å². The first-order valence-electron chi connectivity index (χ1n) is 20.8. The molecule has 55 heavy (non-hydrogen) atoms. The summed E-state index contributed by atoms with van der Waals surface area (Å²) >= 11 is 0. The molecule has 12 rings (SSSR count). The molecule has 0 saturated carbocycles. The molecule has 0 aliphatic heterocycles. The molecule has 1 atom stereocenters. The molecule has 2 nitrogen and oxygen atoms in total. The highest BCUT2D eigenvalue weighted by molar-refractivity contribution is 6.11. The standard InChI is InChI=1S/C53H34N2/c1-3-18-36(19-4-1)54(38-32-33-41-40-23-9-12-30-48(40)55(50(41)34-38)37-20-5-2-6-21-37)49-31-15-29-47-52(49)43-24-8-11-27-45(43)53(47)44-26-10-7-22-39(44)42-25-13-16-35-17-14-28-46(53)51(35)42/h1-34H/i8D,11D,24D,27D. The molecule has 1 spiro atoms. The Hall–Kier alpha value is -7.16. The second-order valence-electron chi connectivity index (χ2n) is 14.5. The first-order chi connectivity index (χ1) is 29.0. The summed E-state index contributed by atoms with van der Waals surface area (Å²) in [6.07, 6.45) is 0. The van der Waals surface area contributed by atoms with Gasteiger partial charge in [-0.3, -0.25) is 0 Å². The van der Waals surface area contributed by atoms with Gasteiger partial charge in [0.05, 0.1) is 27.6 Å². The summed E-state index contributed by atoms with van der Waals surface area (Å²) < 4.78 is 40.2. The summed E-state index contributed by atoms with van der Waals surface area (Å²) in [4.78, 5) is 2.26. The van der Waals surface area contributed by atoms with Crippen molar-refractivity contribution in [3.8, 4) is 27.9 Å². The van der Waals surface area contributed by atoms with E-state index in [1.807, 2.05) is 24.3 Å². The van der Waals surface area contributed by atoms with Crippen LogP contribution >= 0.6 is 0 Å². The Morgan fingerprint density at radius 2 is 1.13 bits per heavy atom. The Labute approximate surface area is 325 Å². The third kappa shape index (κ3) is 4.03. The summed E-state index contributed by atoms with van der Waals surface area (Å²) in [5.41, 5.74) is 12.0. The fraction of sp³-hybridized carbons (Fsp3) is 0.0189. The minimum Gasteiger partial charge on any atom is -0.310 e. The van der Waals surface area contributed by atoms with Crippen molar-refractivity contribution in [2.45, 2.75) is 5.41 Å². The van der Waals surface area contributed by atoms with Crippen molar-refractivity contribution in [2.75, 3.05) is 4.90 Å². The normalized spacial score (nSPS) is 16.0. The van der Waals surface area contributed by atoms with Gasteiger partial charge in [0, 0.05) is 33.4 Å². The number of nitrogens with zero attached hydrogens (tertiary/aromatic N) is 2. The van der Waals surface area contributed by atoms with Crippen LogP contribution in [0.3, 0.4) is 0 Å². The van der Waals surface area contributed by atoms with Crippen LogP contribution in [0.2, 0.25) is 0 Å². The molecule has 2 aliphatic carbocycles. The van der Waals surface area contributed by atoms with Gasteiger partial charge in [-0.25, -0.2) is 0 Å². The molecule has 1 unspecified atom stereocenters. The average Bonchev–Trinajstić information content (AvgIpc) is 3.79. The molecule has 0 bridgehead atoms. The molecule has 0 radical (unpaired) electrons. The first-order valence-corrected chi connectivity index (χ1v) is 18.8. The first kappa shape index (κ1) is 26.6. The minimum absolute atomic E-state index is 0.0191. The molecular weight excluding hydrogens is 665 g/mol. The van der Waals surface area contributed by atoms with Gasteiger partial charge in [0.15, 0.2) is 0 Å². The van der Waals surface area contributed by atoms with Gasteiger partial charge in [0.25, 0.3) is 0 Å². The number of hydrogen-bond donors (Lipinski definition) is 0. The lowest BCUT2D eigenvalue weighted by Crippen LogP contribution is -2.31. The lowest BCUT2D eigenvalue weighted by atomic mass is 9.61. The van der Waals surface area contributed by atoms with E-state index in [2.05, 4.69) is 167 Å². The van der Waals surface area contributed by atoms with Gasteiger partial charge in [-0.15, -0.1) is 0 Å². The Bertz CT molecular complexity index is 3390. The molecular formula is C53H34N2. The Kier molecular flexibility index (Phi) is 5.52. The van der Waals surface area contributed by atoms with Gasteiger partial charge in [0.1, 0.15) is 0 Å². The van der Waals surface area contributed by atoms with Crippen molar-refractivity contribution in [2.24, 2.45) is 0 Å². The van der Waals surface area contributed by atoms with E-state index in [0.29, 0.717) is 11.1 Å². The molecule has 256 valence electrons. The number of benzene rings is 9. The highest BCUT2D eigenvalue weighted by Gasteiger charge is 2.51. The van der Waals surface area contributed by atoms with E-state index in [1.165, 1.54) is 5.39 Å². The maximum Gasteiger partial charge on any atom is 0.0726 e. The van der Waals surface area contributed by atoms with Gasteiger partial charge < -0.3 is 9.47 Å². The van der Waals surface area contributed by atoms with E-state index < -0.39 is 5.41 Å². The van der Waals surface area contributed by atoms with Crippen LogP contribution in [0.25, 0.3) is 60.5 Å². The van der Waals surface area contributed by atoms with Gasteiger partial charge in [0.2, 0.25) is 0 Å². The maximum atomic E-state index is 9.82. The fourth-order valence-corrected chi connectivity index (χ4v) is 9.80. The smallest absolute Gasteiger partial charge is 0.0726 e. The highest BCUT2D eigenvalue weighted by Crippen LogP contribution is 2.63. The van der Waals surface area contributed by atoms with Crippen LogP contribution in [0, 0.1) is 0 Å². The molecule has 2 aliphatic rings. The number of para-hydroxylation sites is 3. The maximum absolute atomic E-state index is 9.82. The summed E-state index contributed by atoms with van der Waals surface area (Å²) in [6, 6.07) is 63.0. The molecule has 0 saturated heterocycles. The van der Waals surface area contributed by atoms with Crippen molar-refractivity contribution in [3.63, 3.8) is 0 Å². The molecule has 0 amide bonds. The zero-order chi connectivity index (χ0) is 39.6. The largest absolute Gasteiger partial charge is 0.310 e. The minimum atomic E-state index is -1.03. The Morgan fingerprint density at radius 3 is 2.02 bits per heavy atom. The van der Waals surface area contributed by atoms with Crippen LogP contribution in [0.1, 0.15) is 27.7 Å². The van der Waals surface area contributed by atoms with Crippen molar-refractivity contribution >= 4 is 49.6 Å². The monoisotopic (exact) mass is 702 g/mol. The molecule has 2 heteroatoms. The number of aromatic nitrogens is 1. The van der Waals surface area contributed by atoms with E-state index in [9.17, 15) is 2.74 Å². The zero-order valence-electron chi connectivity index (χ0n) is 33.7. The number of hydrogen-bond acceptors (Lipinski definition) is 1. The van der Waals surface area contributed by atoms with Crippen LogP contribution in [-0.2, 0) is 5.41 Å². The molecule has 1 aromatic heterocycles. The van der Waals surface area contributed by atoms with E-state index in [4.69, 9.17) is 2.74 Å². The third-order valence-electron chi connectivity index (χ3n) is 11.9. The zero-order valence-corrected chi connectivity index (χ0v) is 29.7. The summed E-state index contributed by atoms with van der Waals surface area (Å²) in [5, 5.41) is 4.50. The van der Waals surface area contributed by atoms with Crippen molar-refractivity contribution in [1.29, 1.82) is 0 Å². The Morgan fingerprint density at radius 1 is 0.455 bits per heavy atom. The van der Waals surface area contributed by atoms with Gasteiger partial charge in [-0.2, -0.15) is 0 Å². The van der Waals surface area contributed by atoms with E-state index >= 15 is 0 Å². The second kappa shape index (κ2) is 11.4. The highest BCUT2D eigenvalue weighted by atomic mass is 15.1. The average molecular weight is 703 g/mol. The van der Waals surface area contributed by atoms with Gasteiger partial charge >= 0.3 is 0 Å². The van der Waals surface area contributed by atoms with Gasteiger partial charge in [-0.05, 0) is 98.2 Å². The number of rotatable bonds is 4. The van der Waals surface area contributed by atoms with Crippen LogP contribution in [0.5, 0.6) is 0 Å². The lowest BCUT2D eigenvalue weighted by molar-refractivity contribution is 0.773. The second-order valence-corrected chi connectivity index (χ2v) is 14.5.